The van der Waals surface area contributed by atoms with Gasteiger partial charge in [-0.3, -0.25) is 0 Å². The van der Waals surface area contributed by atoms with Crippen LogP contribution < -0.4 is 0 Å². The van der Waals surface area contributed by atoms with Crippen molar-refractivity contribution in [3.05, 3.63) is 0 Å². The van der Waals surface area contributed by atoms with Crippen molar-refractivity contribution in [2.75, 3.05) is 0 Å². The maximum atomic E-state index is 1.90. The summed E-state index contributed by atoms with van der Waals surface area (Å²) in [6.07, 6.45) is 14.5. The van der Waals surface area contributed by atoms with Crippen LogP contribution in [-0.2, 0) is 0 Å². The SMILES string of the molecule is C1CC2CCC34CCC5C6C3C37C48C2CC1C1C2C4CC9C%10C%11C%12C%13C%14C%15C%16C%17C5C63C%173C75C8C6C7C8C%17C%18C%19C%20C1C21C49C%102C%201C%191C%112C%122C%181C%171C%132C%142C%154C%163C65C74C812. The van der Waals surface area contributed by atoms with Crippen molar-refractivity contribution in [3.8, 4) is 0 Å². The number of hydrogen-bond donors (Lipinski definition) is 0. The molecule has 58 heavy (non-hydrogen) atoms. The minimum Gasteiger partial charge on any atom is -0.0499 e. The Morgan fingerprint density at radius 1 is 0.259 bits per heavy atom. The number of hydrogen-bond acceptors (Lipinski definition) is 0. The Kier molecular flexibility index (Phi) is 1.31. The molecule has 37 fully saturated rings. The minimum atomic E-state index is 0.935. The fraction of sp³-hybridized carbons (Fsp3) is 1.00. The maximum absolute atomic E-state index is 1.90. The first-order valence-electron chi connectivity index (χ1n) is 28.8. The van der Waals surface area contributed by atoms with E-state index in [4.69, 9.17) is 0 Å². The topological polar surface area (TPSA) is 0 Å². The van der Waals surface area contributed by atoms with Gasteiger partial charge in [0.25, 0.3) is 0 Å². The van der Waals surface area contributed by atoms with Crippen molar-refractivity contribution >= 4 is 0 Å². The monoisotopic (exact) mass is 740 g/mol. The summed E-state index contributed by atoms with van der Waals surface area (Å²) < 4.78 is 0. The predicted molar refractivity (Wildman–Crippen MR) is 188 cm³/mol. The number of fused-ring (bicyclic) bond motifs is 14. The number of rotatable bonds is 0. The molecule has 37 saturated carbocycles. The standard InChI is InChI=1S/C58H44/c1-2-10-7-12-9(1)3-5-37-6-4-11-16-21-24-27-30-28-25-22-19-14-8-13-18-15(10)20-23-26-29-31-32-33-34-36-39(12,37)57-35(37)17(11)41(16,57)44(21)47(24)50(27)52(30)51(28)48(25)45(22)42(19)38(13,14)40(18,20)43(23,42)46(26,45)49(29,48)53(31,51)54(32,52)55(33,50)56(34,47)58(36,44)57/h9-36H,1-8H2. The zero-order valence-corrected chi connectivity index (χ0v) is 32.8. The third-order valence-electron chi connectivity index (χ3n) is 46.6. The molecule has 0 amide bonds. The third kappa shape index (κ3) is 0.558. The lowest BCUT2D eigenvalue weighted by Crippen LogP contribution is -3.56. The summed E-state index contributed by atoms with van der Waals surface area (Å²) in [6.45, 7) is 0. The highest BCUT2D eigenvalue weighted by molar-refractivity contribution is 6.04. The first-order chi connectivity index (χ1) is 28.8. The van der Waals surface area contributed by atoms with Gasteiger partial charge in [-0.05, 0) is 336 Å². The van der Waals surface area contributed by atoms with E-state index in [1.54, 1.807) is 25.7 Å². The lowest BCUT2D eigenvalue weighted by atomic mass is 8.45. The van der Waals surface area contributed by atoms with Crippen LogP contribution in [-0.4, -0.2) is 0 Å². The Labute approximate surface area is 334 Å². The van der Waals surface area contributed by atoms with Crippen molar-refractivity contribution in [3.63, 3.8) is 0 Å². The van der Waals surface area contributed by atoms with Crippen LogP contribution in [0.2, 0.25) is 0 Å². The van der Waals surface area contributed by atoms with Gasteiger partial charge in [0.15, 0.2) is 0 Å². The van der Waals surface area contributed by atoms with E-state index in [9.17, 15) is 0 Å². The average molecular weight is 741 g/mol. The second-order valence-corrected chi connectivity index (χ2v) is 36.0. The van der Waals surface area contributed by atoms with Gasteiger partial charge in [-0.2, -0.15) is 0 Å². The highest BCUT2D eigenvalue weighted by Gasteiger charge is 3.59. The molecule has 276 valence electrons. The van der Waals surface area contributed by atoms with E-state index in [1.165, 1.54) is 166 Å². The average Bonchev–Trinajstić information content (AvgIpc) is 3.11. The fourth-order valence-corrected chi connectivity index (χ4v) is 57.5. The van der Waals surface area contributed by atoms with Crippen molar-refractivity contribution in [1.29, 1.82) is 0 Å². The molecule has 0 saturated heterocycles. The Morgan fingerprint density at radius 2 is 0.776 bits per heavy atom. The summed E-state index contributed by atoms with van der Waals surface area (Å²) >= 11 is 0. The van der Waals surface area contributed by atoms with E-state index < -0.39 is 0 Å². The molecule has 0 aliphatic heterocycles. The van der Waals surface area contributed by atoms with Crippen LogP contribution in [0.4, 0.5) is 0 Å². The summed E-state index contributed by atoms with van der Waals surface area (Å²) in [5.41, 5.74) is 23.9. The summed E-state index contributed by atoms with van der Waals surface area (Å²) in [4.78, 5) is 0. The lowest BCUT2D eigenvalue weighted by molar-refractivity contribution is -1.13. The van der Waals surface area contributed by atoms with Gasteiger partial charge in [-0.25, -0.2) is 0 Å². The van der Waals surface area contributed by atoms with E-state index in [0.29, 0.717) is 0 Å². The van der Waals surface area contributed by atoms with Crippen LogP contribution in [0.5, 0.6) is 0 Å². The summed E-state index contributed by atoms with van der Waals surface area (Å²) in [7, 11) is 0. The molecule has 37 rings (SSSR count). The molecule has 0 heteroatoms. The summed E-state index contributed by atoms with van der Waals surface area (Å²) in [5.74, 6) is 38.4. The predicted octanol–water partition coefficient (Wildman–Crippen LogP) is 6.56. The van der Waals surface area contributed by atoms with Gasteiger partial charge in [0, 0.05) is 0 Å². The molecular weight excluding hydrogens is 697 g/mol. The van der Waals surface area contributed by atoms with E-state index in [2.05, 4.69) is 0 Å². The van der Waals surface area contributed by atoms with Crippen LogP contribution in [0.1, 0.15) is 51.4 Å². The van der Waals surface area contributed by atoms with Crippen molar-refractivity contribution in [1.82, 2.24) is 0 Å². The van der Waals surface area contributed by atoms with Crippen LogP contribution >= 0.6 is 0 Å². The Balaban J connectivity index is 0.771. The van der Waals surface area contributed by atoms with Crippen LogP contribution in [0.25, 0.3) is 0 Å². The van der Waals surface area contributed by atoms with Gasteiger partial charge < -0.3 is 0 Å². The summed E-state index contributed by atoms with van der Waals surface area (Å²) in [5, 5.41) is 0. The van der Waals surface area contributed by atoms with Crippen molar-refractivity contribution in [2.45, 2.75) is 51.4 Å². The zero-order chi connectivity index (χ0) is 32.8. The zero-order valence-electron chi connectivity index (χ0n) is 32.8. The molecule has 37 aliphatic rings. The molecule has 0 heterocycles. The molecule has 0 aromatic heterocycles. The smallest absolute Gasteiger partial charge is 0.00475 e. The van der Waals surface area contributed by atoms with Gasteiger partial charge in [0.1, 0.15) is 0 Å². The second kappa shape index (κ2) is 3.56. The van der Waals surface area contributed by atoms with E-state index >= 15 is 0 Å². The highest BCUT2D eigenvalue weighted by atomic mass is 15.6. The Hall–Kier alpha value is 0. The first kappa shape index (κ1) is 21.3. The van der Waals surface area contributed by atoms with Gasteiger partial charge in [0.05, 0.1) is 0 Å². The molecule has 50 unspecified atom stereocenters. The van der Waals surface area contributed by atoms with Gasteiger partial charge in [-0.15, -0.1) is 0 Å². The molecule has 50 atom stereocenters. The molecule has 0 N–H and O–H groups in total. The Morgan fingerprint density at radius 3 is 1.48 bits per heavy atom. The first-order valence-corrected chi connectivity index (χ1v) is 28.8. The molecule has 0 aromatic carbocycles. The van der Waals surface area contributed by atoms with Crippen molar-refractivity contribution < 1.29 is 0 Å². The lowest BCUT2D eigenvalue weighted by Gasteiger charge is -3.57. The largest absolute Gasteiger partial charge is 0.0499 e. The molecule has 0 aromatic rings. The highest BCUT2D eigenvalue weighted by Crippen LogP contribution is 3.60. The van der Waals surface area contributed by atoms with Gasteiger partial charge in [-0.1, -0.05) is 0 Å². The van der Waals surface area contributed by atoms with Crippen LogP contribution in [0, 0.1) is 285 Å². The van der Waals surface area contributed by atoms with Gasteiger partial charge in [0.2, 0.25) is 0 Å². The molecule has 2 bridgehead atoms. The van der Waals surface area contributed by atoms with Crippen LogP contribution in [0.15, 0.2) is 0 Å². The minimum absolute atomic E-state index is 0.935. The third-order valence-corrected chi connectivity index (χ3v) is 46.6. The molecule has 0 radical (unpaired) electrons. The quantitative estimate of drug-likeness (QED) is 0.264. The molecular formula is C58H44. The summed E-state index contributed by atoms with van der Waals surface area (Å²) in [6, 6.07) is 0. The second-order valence-electron chi connectivity index (χ2n) is 36.0. The van der Waals surface area contributed by atoms with E-state index in [0.717, 1.165) is 119 Å². The van der Waals surface area contributed by atoms with Gasteiger partial charge >= 0.3 is 0 Å². The maximum Gasteiger partial charge on any atom is -0.00475 e. The molecule has 22 spiro atoms. The molecule has 37 aliphatic carbocycles. The van der Waals surface area contributed by atoms with E-state index in [-0.39, 0.29) is 0 Å². The Bertz CT molecular complexity index is 3500. The van der Waals surface area contributed by atoms with E-state index in [1.807, 2.05) is 25.7 Å². The molecule has 0 nitrogen and oxygen atoms in total. The van der Waals surface area contributed by atoms with Crippen molar-refractivity contribution in [2.24, 2.45) is 285 Å². The normalized spacial score (nSPS) is 128. The fourth-order valence-electron chi connectivity index (χ4n) is 57.5. The van der Waals surface area contributed by atoms with Crippen LogP contribution in [0.3, 0.4) is 0 Å².